The number of nitrogens with two attached hydrogens (primary N) is 3. The molecule has 0 rings (SSSR count). The number of carboxylic acids is 3. The van der Waals surface area contributed by atoms with Gasteiger partial charge < -0.3 is 53.6 Å². The molecular weight excluding hydrogens is 486 g/mol. The number of nitrogens with zero attached hydrogens (tertiary/aromatic N) is 1. The van der Waals surface area contributed by atoms with Crippen LogP contribution in [0, 0.1) is 0 Å². The topological polar surface area (TPSA) is 310 Å². The van der Waals surface area contributed by atoms with Gasteiger partial charge in [0.1, 0.15) is 18.1 Å². The van der Waals surface area contributed by atoms with E-state index in [1.165, 1.54) is 0 Å². The van der Waals surface area contributed by atoms with Gasteiger partial charge in [-0.3, -0.25) is 29.0 Å². The minimum Gasteiger partial charge on any atom is -0.481 e. The Bertz CT molecular complexity index is 831. The number of carbonyl (C=O) groups is 6. The van der Waals surface area contributed by atoms with Gasteiger partial charge in [-0.05, 0) is 25.7 Å². The largest absolute Gasteiger partial charge is 0.481 e. The fourth-order valence-corrected chi connectivity index (χ4v) is 2.73. The average molecular weight is 520 g/mol. The molecular formula is C19H33N7O10. The first kappa shape index (κ1) is 32.0. The first-order chi connectivity index (χ1) is 16.8. The maximum absolute atomic E-state index is 12.6. The first-order valence-corrected chi connectivity index (χ1v) is 10.8. The molecule has 13 N–H and O–H groups in total. The minimum atomic E-state index is -1.64. The van der Waals surface area contributed by atoms with E-state index in [1.54, 1.807) is 0 Å². The highest BCUT2D eigenvalue weighted by atomic mass is 16.4. The predicted octanol–water partition coefficient (Wildman–Crippen LogP) is -4.37. The van der Waals surface area contributed by atoms with Gasteiger partial charge in [-0.1, -0.05) is 0 Å². The Morgan fingerprint density at radius 2 is 1.22 bits per heavy atom. The van der Waals surface area contributed by atoms with Crippen LogP contribution in [0.15, 0.2) is 4.99 Å². The highest BCUT2D eigenvalue weighted by Gasteiger charge is 2.30. The standard InChI is InChI=1S/C19H33N7O10/c20-9(3-5-13(28)29)15(32)24-10(4-6-14(30)31)16(33)26-12(8-27)17(34)25-11(18(35)36)2-1-7-23-19(21)22/h9-12,27H,1-8,20H2,(H,24,32)(H,25,34)(H,26,33)(H,28,29)(H,30,31)(H,35,36)(H4,21,22,23). The summed E-state index contributed by atoms with van der Waals surface area (Å²) in [5.41, 5.74) is 15.9. The number of aliphatic carboxylic acids is 3. The third-order valence-electron chi connectivity index (χ3n) is 4.66. The molecule has 0 aliphatic rings. The van der Waals surface area contributed by atoms with Gasteiger partial charge >= 0.3 is 17.9 Å². The van der Waals surface area contributed by atoms with Crippen molar-refractivity contribution < 1.29 is 49.2 Å². The van der Waals surface area contributed by atoms with E-state index in [0.717, 1.165) is 0 Å². The lowest BCUT2D eigenvalue weighted by atomic mass is 10.1. The van der Waals surface area contributed by atoms with Gasteiger partial charge in [-0.2, -0.15) is 0 Å². The molecule has 17 heteroatoms. The molecule has 204 valence electrons. The number of carboxylic acid groups (broad SMARTS) is 3. The van der Waals surface area contributed by atoms with Gasteiger partial charge in [-0.25, -0.2) is 4.79 Å². The van der Waals surface area contributed by atoms with E-state index in [-0.39, 0.29) is 31.8 Å². The summed E-state index contributed by atoms with van der Waals surface area (Å²) >= 11 is 0. The van der Waals surface area contributed by atoms with Crippen molar-refractivity contribution in [2.45, 2.75) is 62.7 Å². The van der Waals surface area contributed by atoms with Crippen LogP contribution in [0.1, 0.15) is 38.5 Å². The number of aliphatic hydroxyl groups excluding tert-OH is 1. The molecule has 0 heterocycles. The SMILES string of the molecule is NC(N)=NCCCC(NC(=O)C(CO)NC(=O)C(CCC(=O)O)NC(=O)C(N)CCC(=O)O)C(=O)O. The highest BCUT2D eigenvalue weighted by molar-refractivity contribution is 5.94. The molecule has 0 aliphatic heterocycles. The lowest BCUT2D eigenvalue weighted by molar-refractivity contribution is -0.143. The third kappa shape index (κ3) is 13.7. The average Bonchev–Trinajstić information content (AvgIpc) is 2.79. The van der Waals surface area contributed by atoms with Crippen molar-refractivity contribution in [1.29, 1.82) is 0 Å². The van der Waals surface area contributed by atoms with Gasteiger partial charge in [0.2, 0.25) is 17.7 Å². The molecule has 0 aromatic heterocycles. The summed E-state index contributed by atoms with van der Waals surface area (Å²) in [5.74, 6) is -7.12. The Hall–Kier alpha value is -3.99. The van der Waals surface area contributed by atoms with E-state index in [2.05, 4.69) is 20.9 Å². The second-order valence-electron chi connectivity index (χ2n) is 7.62. The number of rotatable bonds is 18. The van der Waals surface area contributed by atoms with E-state index in [0.29, 0.717) is 0 Å². The van der Waals surface area contributed by atoms with Crippen molar-refractivity contribution >= 4 is 41.6 Å². The molecule has 0 saturated heterocycles. The molecule has 0 aromatic carbocycles. The number of hydrogen-bond acceptors (Lipinski definition) is 9. The number of hydrogen-bond donors (Lipinski definition) is 10. The van der Waals surface area contributed by atoms with Crippen LogP contribution in [0.3, 0.4) is 0 Å². The molecule has 0 aromatic rings. The summed E-state index contributed by atoms with van der Waals surface area (Å²) < 4.78 is 0. The van der Waals surface area contributed by atoms with Crippen molar-refractivity contribution in [3.8, 4) is 0 Å². The number of guanidine groups is 1. The smallest absolute Gasteiger partial charge is 0.326 e. The first-order valence-electron chi connectivity index (χ1n) is 10.8. The van der Waals surface area contributed by atoms with Gasteiger partial charge in [0, 0.05) is 19.4 Å². The fraction of sp³-hybridized carbons (Fsp3) is 0.632. The molecule has 17 nitrogen and oxygen atoms in total. The molecule has 0 radical (unpaired) electrons. The van der Waals surface area contributed by atoms with Crippen LogP contribution in [0.5, 0.6) is 0 Å². The Balaban J connectivity index is 5.26. The number of nitrogens with one attached hydrogen (secondary N) is 3. The van der Waals surface area contributed by atoms with Crippen molar-refractivity contribution in [1.82, 2.24) is 16.0 Å². The third-order valence-corrected chi connectivity index (χ3v) is 4.66. The minimum absolute atomic E-state index is 0.0739. The van der Waals surface area contributed by atoms with Crippen LogP contribution in [0.4, 0.5) is 0 Å². The molecule has 3 amide bonds. The maximum atomic E-state index is 12.6. The molecule has 0 saturated carbocycles. The molecule has 0 bridgehead atoms. The Morgan fingerprint density at radius 1 is 0.722 bits per heavy atom. The van der Waals surface area contributed by atoms with Crippen LogP contribution in [0.2, 0.25) is 0 Å². The Labute approximate surface area is 205 Å². The van der Waals surface area contributed by atoms with Crippen molar-refractivity contribution in [2.75, 3.05) is 13.2 Å². The second kappa shape index (κ2) is 16.6. The molecule has 0 spiro atoms. The number of amides is 3. The lowest BCUT2D eigenvalue weighted by Crippen LogP contribution is -2.58. The number of carbonyl (C=O) groups excluding carboxylic acids is 3. The van der Waals surface area contributed by atoms with Crippen molar-refractivity contribution in [2.24, 2.45) is 22.2 Å². The predicted molar refractivity (Wildman–Crippen MR) is 122 cm³/mol. The molecule has 0 aliphatic carbocycles. The summed E-state index contributed by atoms with van der Waals surface area (Å²) in [5, 5.41) is 42.9. The summed E-state index contributed by atoms with van der Waals surface area (Å²) in [6.07, 6.45) is -1.54. The molecule has 4 unspecified atom stereocenters. The highest BCUT2D eigenvalue weighted by Crippen LogP contribution is 2.04. The summed E-state index contributed by atoms with van der Waals surface area (Å²) in [6.45, 7) is -0.850. The Kier molecular flexibility index (Phi) is 14.8. The van der Waals surface area contributed by atoms with Crippen molar-refractivity contribution in [3.63, 3.8) is 0 Å². The number of aliphatic hydroxyl groups is 1. The number of aliphatic imine (C=N–C) groups is 1. The van der Waals surface area contributed by atoms with E-state index in [4.69, 9.17) is 27.4 Å². The monoisotopic (exact) mass is 519 g/mol. The summed E-state index contributed by atoms with van der Waals surface area (Å²) in [6, 6.07) is -5.84. The van der Waals surface area contributed by atoms with Gasteiger partial charge in [-0.15, -0.1) is 0 Å². The molecule has 0 fully saturated rings. The zero-order valence-corrected chi connectivity index (χ0v) is 19.4. The summed E-state index contributed by atoms with van der Waals surface area (Å²) in [7, 11) is 0. The van der Waals surface area contributed by atoms with E-state index >= 15 is 0 Å². The van der Waals surface area contributed by atoms with Crippen LogP contribution in [-0.4, -0.2) is 99.3 Å². The van der Waals surface area contributed by atoms with E-state index < -0.39 is 85.7 Å². The zero-order valence-electron chi connectivity index (χ0n) is 19.4. The zero-order chi connectivity index (χ0) is 27.8. The lowest BCUT2D eigenvalue weighted by Gasteiger charge is -2.24. The van der Waals surface area contributed by atoms with Crippen LogP contribution in [-0.2, 0) is 28.8 Å². The van der Waals surface area contributed by atoms with Crippen LogP contribution < -0.4 is 33.2 Å². The fourth-order valence-electron chi connectivity index (χ4n) is 2.73. The normalized spacial score (nSPS) is 13.8. The quantitative estimate of drug-likeness (QED) is 0.0465. The summed E-state index contributed by atoms with van der Waals surface area (Å²) in [4.78, 5) is 74.0. The van der Waals surface area contributed by atoms with Crippen LogP contribution >= 0.6 is 0 Å². The van der Waals surface area contributed by atoms with E-state index in [1.807, 2.05) is 0 Å². The van der Waals surface area contributed by atoms with Crippen LogP contribution in [0.25, 0.3) is 0 Å². The maximum Gasteiger partial charge on any atom is 0.326 e. The van der Waals surface area contributed by atoms with E-state index in [9.17, 15) is 39.0 Å². The molecule has 36 heavy (non-hydrogen) atoms. The second-order valence-corrected chi connectivity index (χ2v) is 7.62. The Morgan fingerprint density at radius 3 is 1.72 bits per heavy atom. The van der Waals surface area contributed by atoms with Gasteiger partial charge in [0.05, 0.1) is 12.6 Å². The van der Waals surface area contributed by atoms with Crippen molar-refractivity contribution in [3.05, 3.63) is 0 Å². The van der Waals surface area contributed by atoms with Gasteiger partial charge in [0.15, 0.2) is 5.96 Å². The van der Waals surface area contributed by atoms with Gasteiger partial charge in [0.25, 0.3) is 0 Å². The molecule has 4 atom stereocenters.